The minimum absolute atomic E-state index is 0.0493. The molecule has 0 amide bonds. The molecule has 0 saturated carbocycles. The molecule has 0 radical (unpaired) electrons. The van der Waals surface area contributed by atoms with E-state index in [4.69, 9.17) is 14.4 Å². The van der Waals surface area contributed by atoms with Gasteiger partial charge in [0.2, 0.25) is 5.89 Å². The number of hydrogen-bond acceptors (Lipinski definition) is 5. The predicted octanol–water partition coefficient (Wildman–Crippen LogP) is 2.58. The Kier molecular flexibility index (Phi) is 4.75. The number of nitrogens with zero attached hydrogens (tertiary/aromatic N) is 2. The Hall–Kier alpha value is -2.32. The lowest BCUT2D eigenvalue weighted by atomic mass is 10.2. The van der Waals surface area contributed by atoms with Crippen molar-refractivity contribution in [1.82, 2.24) is 10.3 Å². The van der Waals surface area contributed by atoms with Gasteiger partial charge in [0.1, 0.15) is 18.1 Å². The van der Waals surface area contributed by atoms with Crippen LogP contribution in [0.4, 0.5) is 0 Å². The van der Waals surface area contributed by atoms with Gasteiger partial charge >= 0.3 is 0 Å². The van der Waals surface area contributed by atoms with Gasteiger partial charge in [-0.25, -0.2) is 4.98 Å². The second-order valence-electron chi connectivity index (χ2n) is 4.47. The zero-order valence-electron chi connectivity index (χ0n) is 11.6. The molecule has 1 heterocycles. The van der Waals surface area contributed by atoms with Crippen LogP contribution >= 0.6 is 0 Å². The van der Waals surface area contributed by atoms with Crippen molar-refractivity contribution in [3.05, 3.63) is 47.7 Å². The smallest absolute Gasteiger partial charge is 0.211 e. The number of hydrogen-bond donors (Lipinski definition) is 1. The fraction of sp³-hybridized carbons (Fsp3) is 0.333. The van der Waals surface area contributed by atoms with Gasteiger partial charge in [0.25, 0.3) is 0 Å². The Morgan fingerprint density at radius 2 is 2.15 bits per heavy atom. The van der Waals surface area contributed by atoms with Crippen molar-refractivity contribution in [2.45, 2.75) is 19.9 Å². The van der Waals surface area contributed by atoms with E-state index < -0.39 is 0 Å². The molecule has 0 spiro atoms. The van der Waals surface area contributed by atoms with Crippen LogP contribution in [-0.4, -0.2) is 18.1 Å². The van der Waals surface area contributed by atoms with Crippen LogP contribution in [0.25, 0.3) is 0 Å². The molecule has 5 nitrogen and oxygen atoms in total. The van der Waals surface area contributed by atoms with Gasteiger partial charge in [0.05, 0.1) is 23.9 Å². The Labute approximate surface area is 118 Å². The number of aryl methyl sites for hydroxylation is 1. The van der Waals surface area contributed by atoms with Gasteiger partial charge in [0, 0.05) is 6.54 Å². The summed E-state index contributed by atoms with van der Waals surface area (Å²) in [6.45, 7) is 5.09. The molecule has 5 heteroatoms. The zero-order chi connectivity index (χ0) is 14.4. The SMILES string of the molecule is Cc1cnc([C@@H](C)NCCOc2ccc(C#N)cc2)o1. The standard InChI is InChI=1S/C15H17N3O2/c1-11-10-18-15(20-11)12(2)17-7-8-19-14-5-3-13(9-16)4-6-14/h3-6,10,12,17H,7-8H2,1-2H3/t12-/m1/s1. The summed E-state index contributed by atoms with van der Waals surface area (Å²) in [7, 11) is 0. The Morgan fingerprint density at radius 3 is 2.75 bits per heavy atom. The lowest BCUT2D eigenvalue weighted by Crippen LogP contribution is -2.24. The van der Waals surface area contributed by atoms with Gasteiger partial charge in [-0.1, -0.05) is 0 Å². The first kappa shape index (κ1) is 14.1. The summed E-state index contributed by atoms with van der Waals surface area (Å²) >= 11 is 0. The number of rotatable bonds is 6. The average Bonchev–Trinajstić information content (AvgIpc) is 2.91. The van der Waals surface area contributed by atoms with E-state index in [1.165, 1.54) is 0 Å². The van der Waals surface area contributed by atoms with Crippen molar-refractivity contribution >= 4 is 0 Å². The van der Waals surface area contributed by atoms with Gasteiger partial charge in [-0.15, -0.1) is 0 Å². The third-order valence-corrected chi connectivity index (χ3v) is 2.81. The second-order valence-corrected chi connectivity index (χ2v) is 4.47. The van der Waals surface area contributed by atoms with Crippen molar-refractivity contribution in [3.8, 4) is 11.8 Å². The molecule has 1 aromatic carbocycles. The molecule has 1 N–H and O–H groups in total. The minimum Gasteiger partial charge on any atom is -0.492 e. The topological polar surface area (TPSA) is 71.1 Å². The Morgan fingerprint density at radius 1 is 1.40 bits per heavy atom. The van der Waals surface area contributed by atoms with Crippen LogP contribution in [0, 0.1) is 18.3 Å². The fourth-order valence-corrected chi connectivity index (χ4v) is 1.73. The molecule has 104 valence electrons. The van der Waals surface area contributed by atoms with E-state index in [1.54, 1.807) is 30.5 Å². The van der Waals surface area contributed by atoms with Crippen molar-refractivity contribution in [2.24, 2.45) is 0 Å². The minimum atomic E-state index is 0.0493. The predicted molar refractivity (Wildman–Crippen MR) is 74.3 cm³/mol. The lowest BCUT2D eigenvalue weighted by Gasteiger charge is -2.11. The van der Waals surface area contributed by atoms with E-state index in [9.17, 15) is 0 Å². The van der Waals surface area contributed by atoms with Crippen molar-refractivity contribution in [2.75, 3.05) is 13.2 Å². The maximum atomic E-state index is 8.70. The van der Waals surface area contributed by atoms with Gasteiger partial charge < -0.3 is 14.5 Å². The molecule has 20 heavy (non-hydrogen) atoms. The van der Waals surface area contributed by atoms with Crippen LogP contribution in [0.1, 0.15) is 30.2 Å². The Bertz CT molecular complexity index is 584. The number of nitrogens with one attached hydrogen (secondary N) is 1. The average molecular weight is 271 g/mol. The number of ether oxygens (including phenoxy) is 1. The first-order valence-corrected chi connectivity index (χ1v) is 6.47. The van der Waals surface area contributed by atoms with Crippen LogP contribution in [-0.2, 0) is 0 Å². The van der Waals surface area contributed by atoms with Crippen molar-refractivity contribution < 1.29 is 9.15 Å². The monoisotopic (exact) mass is 271 g/mol. The quantitative estimate of drug-likeness (QED) is 0.818. The first-order chi connectivity index (χ1) is 9.69. The summed E-state index contributed by atoms with van der Waals surface area (Å²) in [5, 5.41) is 12.0. The van der Waals surface area contributed by atoms with E-state index >= 15 is 0 Å². The van der Waals surface area contributed by atoms with Gasteiger partial charge in [-0.2, -0.15) is 5.26 Å². The molecule has 0 aliphatic carbocycles. The molecule has 0 unspecified atom stereocenters. The highest BCUT2D eigenvalue weighted by Crippen LogP contribution is 2.13. The molecule has 0 saturated heterocycles. The summed E-state index contributed by atoms with van der Waals surface area (Å²) in [6, 6.07) is 9.18. The molecule has 1 atom stereocenters. The maximum absolute atomic E-state index is 8.70. The fourth-order valence-electron chi connectivity index (χ4n) is 1.73. The maximum Gasteiger partial charge on any atom is 0.211 e. The molecular formula is C15H17N3O2. The highest BCUT2D eigenvalue weighted by atomic mass is 16.5. The Balaban J connectivity index is 1.72. The summed E-state index contributed by atoms with van der Waals surface area (Å²) < 4.78 is 11.0. The first-order valence-electron chi connectivity index (χ1n) is 6.47. The second kappa shape index (κ2) is 6.73. The number of benzene rings is 1. The van der Waals surface area contributed by atoms with E-state index in [2.05, 4.69) is 16.4 Å². The third-order valence-electron chi connectivity index (χ3n) is 2.81. The van der Waals surface area contributed by atoms with Crippen LogP contribution < -0.4 is 10.1 Å². The largest absolute Gasteiger partial charge is 0.492 e. The molecule has 0 bridgehead atoms. The summed E-state index contributed by atoms with van der Waals surface area (Å²) in [5.74, 6) is 2.24. The molecule has 0 fully saturated rings. The highest BCUT2D eigenvalue weighted by molar-refractivity contribution is 5.34. The highest BCUT2D eigenvalue weighted by Gasteiger charge is 2.09. The summed E-state index contributed by atoms with van der Waals surface area (Å²) in [6.07, 6.45) is 1.71. The van der Waals surface area contributed by atoms with E-state index in [1.807, 2.05) is 13.8 Å². The van der Waals surface area contributed by atoms with Crippen LogP contribution in [0.5, 0.6) is 5.75 Å². The van der Waals surface area contributed by atoms with Gasteiger partial charge in [0.15, 0.2) is 0 Å². The lowest BCUT2D eigenvalue weighted by molar-refractivity contribution is 0.299. The van der Waals surface area contributed by atoms with E-state index in [0.717, 1.165) is 11.5 Å². The molecular weight excluding hydrogens is 254 g/mol. The molecule has 1 aromatic heterocycles. The summed E-state index contributed by atoms with van der Waals surface area (Å²) in [4.78, 5) is 4.17. The third kappa shape index (κ3) is 3.84. The van der Waals surface area contributed by atoms with Gasteiger partial charge in [-0.05, 0) is 38.1 Å². The number of nitriles is 1. The molecule has 0 aliphatic heterocycles. The van der Waals surface area contributed by atoms with E-state index in [-0.39, 0.29) is 6.04 Å². The van der Waals surface area contributed by atoms with Crippen LogP contribution in [0.2, 0.25) is 0 Å². The normalized spacial score (nSPS) is 11.8. The van der Waals surface area contributed by atoms with Gasteiger partial charge in [-0.3, -0.25) is 0 Å². The van der Waals surface area contributed by atoms with Crippen molar-refractivity contribution in [3.63, 3.8) is 0 Å². The van der Waals surface area contributed by atoms with E-state index in [0.29, 0.717) is 24.6 Å². The molecule has 2 aromatic rings. The number of oxazole rings is 1. The zero-order valence-corrected chi connectivity index (χ0v) is 11.6. The molecule has 0 aliphatic rings. The van der Waals surface area contributed by atoms with Crippen molar-refractivity contribution in [1.29, 1.82) is 5.26 Å². The molecule has 2 rings (SSSR count). The van der Waals surface area contributed by atoms with Crippen LogP contribution in [0.15, 0.2) is 34.9 Å². The summed E-state index contributed by atoms with van der Waals surface area (Å²) in [5.41, 5.74) is 0.628. The van der Waals surface area contributed by atoms with Crippen LogP contribution in [0.3, 0.4) is 0 Å². The number of aromatic nitrogens is 1.